The Labute approximate surface area is 149 Å². The van der Waals surface area contributed by atoms with Gasteiger partial charge in [-0.15, -0.1) is 0 Å². The third-order valence-corrected chi connectivity index (χ3v) is 4.79. The van der Waals surface area contributed by atoms with Crippen LogP contribution in [-0.2, 0) is 11.2 Å². The van der Waals surface area contributed by atoms with Gasteiger partial charge in [0.15, 0.2) is 0 Å². The summed E-state index contributed by atoms with van der Waals surface area (Å²) in [4.78, 5) is 14.3. The summed E-state index contributed by atoms with van der Waals surface area (Å²) in [6, 6.07) is 19.8. The number of nitrogens with one attached hydrogen (secondary N) is 1. The number of likely N-dealkylation sites (tertiary alicyclic amines) is 1. The predicted octanol–water partition coefficient (Wildman–Crippen LogP) is 3.45. The highest BCUT2D eigenvalue weighted by Crippen LogP contribution is 2.21. The molecule has 0 bridgehead atoms. The molecule has 4 nitrogen and oxygen atoms in total. The van der Waals surface area contributed by atoms with Gasteiger partial charge in [-0.2, -0.15) is 5.26 Å². The molecule has 0 radical (unpaired) electrons. The Morgan fingerprint density at radius 3 is 2.40 bits per heavy atom. The van der Waals surface area contributed by atoms with Gasteiger partial charge in [0.1, 0.15) is 0 Å². The first kappa shape index (κ1) is 17.0. The lowest BCUT2D eigenvalue weighted by Crippen LogP contribution is -2.41. The first-order chi connectivity index (χ1) is 12.2. The third-order valence-electron chi connectivity index (χ3n) is 4.79. The largest absolute Gasteiger partial charge is 0.376 e. The fourth-order valence-electron chi connectivity index (χ4n) is 3.29. The van der Waals surface area contributed by atoms with Crippen molar-refractivity contribution in [3.8, 4) is 6.07 Å². The normalized spacial score (nSPS) is 14.8. The van der Waals surface area contributed by atoms with Gasteiger partial charge in [-0.3, -0.25) is 4.79 Å². The Kier molecular flexibility index (Phi) is 5.69. The monoisotopic (exact) mass is 333 g/mol. The van der Waals surface area contributed by atoms with E-state index >= 15 is 0 Å². The topological polar surface area (TPSA) is 56.1 Å². The van der Waals surface area contributed by atoms with Gasteiger partial charge in [0.05, 0.1) is 18.2 Å². The van der Waals surface area contributed by atoms with E-state index in [0.29, 0.717) is 18.0 Å². The molecule has 1 N–H and O–H groups in total. The van der Waals surface area contributed by atoms with Crippen molar-refractivity contribution < 1.29 is 4.79 Å². The minimum absolute atomic E-state index is 0.141. The van der Waals surface area contributed by atoms with E-state index in [1.54, 1.807) is 12.1 Å². The Balaban J connectivity index is 1.42. The Morgan fingerprint density at radius 2 is 1.76 bits per heavy atom. The van der Waals surface area contributed by atoms with Crippen molar-refractivity contribution in [3.05, 3.63) is 65.7 Å². The summed E-state index contributed by atoms with van der Waals surface area (Å²) in [7, 11) is 0. The lowest BCUT2D eigenvalue weighted by Gasteiger charge is -2.32. The molecule has 1 amide bonds. The molecular weight excluding hydrogens is 310 g/mol. The Hall–Kier alpha value is -2.80. The van der Waals surface area contributed by atoms with Crippen LogP contribution in [0.15, 0.2) is 54.6 Å². The van der Waals surface area contributed by atoms with Crippen LogP contribution in [0, 0.1) is 17.2 Å². The molecule has 0 spiro atoms. The second-order valence-corrected chi connectivity index (χ2v) is 6.56. The van der Waals surface area contributed by atoms with Gasteiger partial charge in [0, 0.05) is 18.8 Å². The average Bonchev–Trinajstić information content (AvgIpc) is 2.68. The summed E-state index contributed by atoms with van der Waals surface area (Å²) in [6.07, 6.45) is 3.24. The molecular formula is C21H23N3O. The number of hydrogen-bond donors (Lipinski definition) is 1. The highest BCUT2D eigenvalue weighted by atomic mass is 16.2. The van der Waals surface area contributed by atoms with Crippen molar-refractivity contribution in [2.45, 2.75) is 19.3 Å². The average molecular weight is 333 g/mol. The van der Waals surface area contributed by atoms with Crippen molar-refractivity contribution in [2.75, 3.05) is 25.0 Å². The second kappa shape index (κ2) is 8.34. The van der Waals surface area contributed by atoms with Crippen LogP contribution in [0.2, 0.25) is 0 Å². The van der Waals surface area contributed by atoms with E-state index < -0.39 is 0 Å². The molecule has 1 aliphatic heterocycles. The molecule has 1 fully saturated rings. The number of rotatable bonds is 5. The van der Waals surface area contributed by atoms with Crippen molar-refractivity contribution in [1.82, 2.24) is 4.90 Å². The van der Waals surface area contributed by atoms with Crippen LogP contribution in [0.25, 0.3) is 0 Å². The number of carbonyl (C=O) groups is 1. The zero-order valence-corrected chi connectivity index (χ0v) is 14.3. The number of carbonyl (C=O) groups excluding carboxylic acids is 1. The van der Waals surface area contributed by atoms with Crippen molar-refractivity contribution in [3.63, 3.8) is 0 Å². The van der Waals surface area contributed by atoms with E-state index in [1.807, 2.05) is 23.1 Å². The summed E-state index contributed by atoms with van der Waals surface area (Å²) >= 11 is 0. The molecule has 0 aliphatic carbocycles. The molecule has 0 atom stereocenters. The number of piperidine rings is 1. The van der Waals surface area contributed by atoms with E-state index in [1.165, 1.54) is 5.56 Å². The van der Waals surface area contributed by atoms with E-state index in [9.17, 15) is 4.79 Å². The lowest BCUT2D eigenvalue weighted by atomic mass is 9.90. The van der Waals surface area contributed by atoms with E-state index in [4.69, 9.17) is 5.26 Å². The van der Waals surface area contributed by atoms with Crippen molar-refractivity contribution in [2.24, 2.45) is 5.92 Å². The molecule has 2 aromatic carbocycles. The maximum atomic E-state index is 12.4. The fraction of sp³-hybridized carbons (Fsp3) is 0.333. The number of benzene rings is 2. The number of hydrogen-bond acceptors (Lipinski definition) is 3. The Morgan fingerprint density at radius 1 is 1.08 bits per heavy atom. The molecule has 3 rings (SSSR count). The van der Waals surface area contributed by atoms with Crippen LogP contribution >= 0.6 is 0 Å². The van der Waals surface area contributed by atoms with Crippen LogP contribution in [0.4, 0.5) is 5.69 Å². The van der Waals surface area contributed by atoms with Gasteiger partial charge in [-0.1, -0.05) is 30.3 Å². The van der Waals surface area contributed by atoms with Gasteiger partial charge in [-0.05, 0) is 55.0 Å². The summed E-state index contributed by atoms with van der Waals surface area (Å²) < 4.78 is 0. The van der Waals surface area contributed by atoms with E-state index in [-0.39, 0.29) is 5.91 Å². The van der Waals surface area contributed by atoms with Gasteiger partial charge in [0.2, 0.25) is 5.91 Å². The minimum atomic E-state index is 0.141. The van der Waals surface area contributed by atoms with Crippen LogP contribution in [0.3, 0.4) is 0 Å². The first-order valence-electron chi connectivity index (χ1n) is 8.80. The van der Waals surface area contributed by atoms with E-state index in [0.717, 1.165) is 38.0 Å². The van der Waals surface area contributed by atoms with Crippen LogP contribution < -0.4 is 5.32 Å². The minimum Gasteiger partial charge on any atom is -0.376 e. The van der Waals surface area contributed by atoms with Crippen molar-refractivity contribution in [1.29, 1.82) is 5.26 Å². The molecule has 128 valence electrons. The van der Waals surface area contributed by atoms with Gasteiger partial charge < -0.3 is 10.2 Å². The van der Waals surface area contributed by atoms with Crippen LogP contribution in [0.1, 0.15) is 24.0 Å². The smallest absolute Gasteiger partial charge is 0.241 e. The van der Waals surface area contributed by atoms with Crippen LogP contribution in [-0.4, -0.2) is 30.4 Å². The number of nitrogens with zero attached hydrogens (tertiary/aromatic N) is 2. The molecule has 0 saturated carbocycles. The number of anilines is 1. The summed E-state index contributed by atoms with van der Waals surface area (Å²) in [5.74, 6) is 0.806. The number of nitriles is 1. The van der Waals surface area contributed by atoms with Gasteiger partial charge in [0.25, 0.3) is 0 Å². The maximum Gasteiger partial charge on any atom is 0.241 e. The standard InChI is InChI=1S/C21H23N3O/c22-15-19-6-8-20(9-7-19)23-16-21(25)24-12-10-18(11-13-24)14-17-4-2-1-3-5-17/h1-9,18,23H,10-14,16H2. The molecule has 25 heavy (non-hydrogen) atoms. The molecule has 2 aromatic rings. The highest BCUT2D eigenvalue weighted by Gasteiger charge is 2.22. The molecule has 1 heterocycles. The zero-order valence-electron chi connectivity index (χ0n) is 14.3. The summed E-state index contributed by atoms with van der Waals surface area (Å²) in [5, 5.41) is 11.9. The second-order valence-electron chi connectivity index (χ2n) is 6.56. The molecule has 0 aromatic heterocycles. The molecule has 1 saturated heterocycles. The summed E-state index contributed by atoms with van der Waals surface area (Å²) in [5.41, 5.74) is 2.87. The maximum absolute atomic E-state index is 12.4. The molecule has 1 aliphatic rings. The highest BCUT2D eigenvalue weighted by molar-refractivity contribution is 5.81. The summed E-state index contributed by atoms with van der Waals surface area (Å²) in [6.45, 7) is 1.98. The SMILES string of the molecule is N#Cc1ccc(NCC(=O)N2CCC(Cc3ccccc3)CC2)cc1. The Bertz CT molecular complexity index is 726. The van der Waals surface area contributed by atoms with Gasteiger partial charge >= 0.3 is 0 Å². The quantitative estimate of drug-likeness (QED) is 0.912. The fourth-order valence-corrected chi connectivity index (χ4v) is 3.29. The predicted molar refractivity (Wildman–Crippen MR) is 99.1 cm³/mol. The lowest BCUT2D eigenvalue weighted by molar-refractivity contribution is -0.130. The molecule has 4 heteroatoms. The van der Waals surface area contributed by atoms with Crippen LogP contribution in [0.5, 0.6) is 0 Å². The molecule has 0 unspecified atom stereocenters. The van der Waals surface area contributed by atoms with Crippen molar-refractivity contribution >= 4 is 11.6 Å². The zero-order chi connectivity index (χ0) is 17.5. The van der Waals surface area contributed by atoms with E-state index in [2.05, 4.69) is 35.7 Å². The third kappa shape index (κ3) is 4.84. The van der Waals surface area contributed by atoms with Gasteiger partial charge in [-0.25, -0.2) is 0 Å². The first-order valence-corrected chi connectivity index (χ1v) is 8.80. The number of amides is 1.